The average Bonchev–Trinajstić information content (AvgIpc) is 3.69. The largest absolute Gasteiger partial charge is 0.443 e. The molecule has 0 aromatic heterocycles. The van der Waals surface area contributed by atoms with Gasteiger partial charge in [-0.25, -0.2) is 27.6 Å². The van der Waals surface area contributed by atoms with Gasteiger partial charge in [0.1, 0.15) is 23.8 Å². The van der Waals surface area contributed by atoms with Gasteiger partial charge in [-0.1, -0.05) is 7.43 Å². The third-order valence-electron chi connectivity index (χ3n) is 7.77. The highest BCUT2D eigenvalue weighted by Crippen LogP contribution is 2.29. The predicted molar refractivity (Wildman–Crippen MR) is 181 cm³/mol. The lowest BCUT2D eigenvalue weighted by Crippen LogP contribution is -2.36. The summed E-state index contributed by atoms with van der Waals surface area (Å²) in [6, 6.07) is 9.30. The van der Waals surface area contributed by atoms with Crippen LogP contribution in [-0.4, -0.2) is 121 Å². The number of nitrogens with two attached hydrogens (primary N) is 1. The minimum Gasteiger partial charge on any atom is -0.443 e. The molecule has 4 fully saturated rings. The first kappa shape index (κ1) is 41.0. The quantitative estimate of drug-likeness (QED) is 0.229. The number of hydrogen-bond acceptors (Lipinski definition) is 11. The van der Waals surface area contributed by atoms with Crippen molar-refractivity contribution in [1.82, 2.24) is 5.32 Å². The third kappa shape index (κ3) is 11.6. The number of hydrogen-bond donors (Lipinski definition) is 2. The van der Waals surface area contributed by atoms with Crippen molar-refractivity contribution in [2.45, 2.75) is 19.6 Å². The zero-order chi connectivity index (χ0) is 36.2. The normalized spacial score (nSPS) is 19.9. The van der Waals surface area contributed by atoms with E-state index in [1.165, 1.54) is 21.9 Å². The van der Waals surface area contributed by atoms with Crippen molar-refractivity contribution in [3.8, 4) is 0 Å². The minimum atomic E-state index is -1.69. The maximum absolute atomic E-state index is 14.4. The van der Waals surface area contributed by atoms with Gasteiger partial charge in [-0.05, 0) is 48.0 Å². The van der Waals surface area contributed by atoms with E-state index < -0.39 is 42.2 Å². The summed E-state index contributed by atoms with van der Waals surface area (Å²) in [5, 5.41) is 1.00. The van der Waals surface area contributed by atoms with Gasteiger partial charge in [-0.3, -0.25) is 14.6 Å². The van der Waals surface area contributed by atoms with Crippen LogP contribution >= 0.6 is 11.6 Å². The van der Waals surface area contributed by atoms with Gasteiger partial charge >= 0.3 is 18.3 Å². The number of ether oxygens (including phenoxy) is 4. The number of halogens is 5. The summed E-state index contributed by atoms with van der Waals surface area (Å²) >= 11 is 4.45. The number of benzene rings is 2. The van der Waals surface area contributed by atoms with Crippen molar-refractivity contribution in [2.75, 3.05) is 105 Å². The van der Waals surface area contributed by atoms with E-state index in [9.17, 15) is 36.7 Å². The second kappa shape index (κ2) is 19.9. The Morgan fingerprint density at radius 2 is 1.22 bits per heavy atom. The third-order valence-corrected chi connectivity index (χ3v) is 7.88. The van der Waals surface area contributed by atoms with Crippen LogP contribution < -0.4 is 30.7 Å². The Balaban J connectivity index is 0.000000241. The molecule has 2 atom stereocenters. The molecule has 0 unspecified atom stereocenters. The molecule has 2 aromatic rings. The fourth-order valence-electron chi connectivity index (χ4n) is 5.34. The Bertz CT molecular complexity index is 1500. The van der Waals surface area contributed by atoms with E-state index in [0.717, 1.165) is 0 Å². The number of nitrogens with one attached hydrogen (secondary N) is 1. The molecule has 19 heteroatoms. The second-order valence-corrected chi connectivity index (χ2v) is 11.5. The Morgan fingerprint density at radius 1 is 0.804 bits per heavy atom. The lowest BCUT2D eigenvalue weighted by molar-refractivity contribution is -0.112. The van der Waals surface area contributed by atoms with E-state index in [4.69, 9.17) is 24.7 Å². The lowest BCUT2D eigenvalue weighted by Gasteiger charge is -2.29. The summed E-state index contributed by atoms with van der Waals surface area (Å²) in [5.74, 6) is -0.791. The van der Waals surface area contributed by atoms with Crippen molar-refractivity contribution >= 4 is 57.9 Å². The summed E-state index contributed by atoms with van der Waals surface area (Å²) in [6.07, 6.45) is -3.85. The van der Waals surface area contributed by atoms with Gasteiger partial charge in [-0.15, -0.1) is 4.39 Å². The fourth-order valence-corrected chi connectivity index (χ4v) is 5.34. The number of carbonyl (C=O) groups excluding carboxylic acids is 4. The molecule has 4 aliphatic rings. The lowest BCUT2D eigenvalue weighted by atomic mass is 10.2. The highest BCUT2D eigenvalue weighted by molar-refractivity contribution is 6.63. The first-order valence-corrected chi connectivity index (χ1v) is 16.0. The van der Waals surface area contributed by atoms with Crippen LogP contribution in [-0.2, 0) is 23.7 Å². The number of alkyl halides is 1. The Kier molecular flexibility index (Phi) is 16.0. The van der Waals surface area contributed by atoms with Crippen LogP contribution in [0, 0.1) is 11.6 Å². The molecule has 282 valence electrons. The van der Waals surface area contributed by atoms with Gasteiger partial charge in [0.05, 0.1) is 68.8 Å². The summed E-state index contributed by atoms with van der Waals surface area (Å²) in [6.45, 7) is 4.33. The van der Waals surface area contributed by atoms with E-state index in [2.05, 4.69) is 11.6 Å². The molecule has 0 aliphatic carbocycles. The van der Waals surface area contributed by atoms with Crippen LogP contribution in [0.2, 0.25) is 0 Å². The van der Waals surface area contributed by atoms with Crippen molar-refractivity contribution in [1.29, 1.82) is 0 Å². The molecule has 4 saturated heterocycles. The van der Waals surface area contributed by atoms with Crippen LogP contribution in [0.25, 0.3) is 0 Å². The van der Waals surface area contributed by atoms with Crippen LogP contribution in [0.15, 0.2) is 36.4 Å². The van der Waals surface area contributed by atoms with Gasteiger partial charge in [0, 0.05) is 32.7 Å². The standard InChI is InChI=1S/C15H17F2N3O4.C14H18FN3O3.C2H2ClFO.CH4/c16-12-7-10(1-2-13(12)19-3-5-23-6-4-19)20-9-11(24-15(20)22)8-18-14(17)21;15-12-7-10(18-9-11(8-16)21-14(18)19)1-2-13(12)17-3-5-20-6-4-17;3-2(5)1-4;/h1-2,7,11H,3-6,8-9H2,(H,18,21);1-2,7,11H,3-6,8-9,16H2;1H2;1H4/t2*11-;;/m00../s1. The molecule has 3 amide bonds. The van der Waals surface area contributed by atoms with Crippen LogP contribution in [0.4, 0.5) is 54.7 Å². The number of nitrogens with zero attached hydrogens (tertiary/aromatic N) is 4. The van der Waals surface area contributed by atoms with E-state index in [0.29, 0.717) is 81.9 Å². The number of morpholine rings is 2. The summed E-state index contributed by atoms with van der Waals surface area (Å²) < 4.78 is 72.1. The second-order valence-electron chi connectivity index (χ2n) is 11.1. The van der Waals surface area contributed by atoms with E-state index in [1.54, 1.807) is 24.3 Å². The molecule has 2 aromatic carbocycles. The first-order chi connectivity index (χ1) is 24.0. The smallest absolute Gasteiger partial charge is 0.414 e. The van der Waals surface area contributed by atoms with Gasteiger partial charge in [0.25, 0.3) is 5.24 Å². The van der Waals surface area contributed by atoms with Gasteiger partial charge in [0.15, 0.2) is 6.67 Å². The predicted octanol–water partition coefficient (Wildman–Crippen LogP) is 3.97. The number of amides is 3. The van der Waals surface area contributed by atoms with Crippen molar-refractivity contribution in [3.05, 3.63) is 48.0 Å². The highest BCUT2D eigenvalue weighted by atomic mass is 35.5. The summed E-state index contributed by atoms with van der Waals surface area (Å²) in [5.41, 5.74) is 7.32. The zero-order valence-corrected chi connectivity index (χ0v) is 27.6. The number of cyclic esters (lactones) is 2. The maximum Gasteiger partial charge on any atom is 0.414 e. The van der Waals surface area contributed by atoms with Crippen molar-refractivity contribution in [2.24, 2.45) is 5.73 Å². The monoisotopic (exact) mass is 748 g/mol. The van der Waals surface area contributed by atoms with E-state index >= 15 is 0 Å². The van der Waals surface area contributed by atoms with E-state index in [1.807, 2.05) is 15.1 Å². The number of anilines is 4. The molecular weight excluding hydrogens is 708 g/mol. The van der Waals surface area contributed by atoms with Crippen molar-refractivity contribution in [3.63, 3.8) is 0 Å². The summed E-state index contributed by atoms with van der Waals surface area (Å²) in [7, 11) is 0. The van der Waals surface area contributed by atoms with Gasteiger partial charge in [0.2, 0.25) is 0 Å². The SMILES string of the molecule is C.NC[C@H]1CN(c2ccc(N3CCOCC3)c(F)c2)C(=O)O1.O=C(Cl)CF.O=C(F)NC[C@H]1CN(c2ccc(N3CCOCC3)c(F)c2)C(=O)O1. The molecule has 0 bridgehead atoms. The number of rotatable bonds is 8. The molecule has 3 N–H and O–H groups in total. The van der Waals surface area contributed by atoms with Crippen LogP contribution in [0.5, 0.6) is 0 Å². The molecule has 6 rings (SSSR count). The molecule has 14 nitrogen and oxygen atoms in total. The topological polar surface area (TPSA) is 156 Å². The highest BCUT2D eigenvalue weighted by Gasteiger charge is 2.34. The van der Waals surface area contributed by atoms with Crippen LogP contribution in [0.3, 0.4) is 0 Å². The van der Waals surface area contributed by atoms with E-state index in [-0.39, 0.29) is 39.0 Å². The molecule has 0 spiro atoms. The zero-order valence-electron chi connectivity index (χ0n) is 26.8. The van der Waals surface area contributed by atoms with Gasteiger partial charge in [-0.2, -0.15) is 0 Å². The fraction of sp³-hybridized carbons (Fsp3) is 0.500. The Hall–Kier alpha value is -4.39. The molecular formula is C32H41ClF4N6O8. The number of carbonyl (C=O) groups is 4. The Labute approximate surface area is 297 Å². The molecule has 51 heavy (non-hydrogen) atoms. The van der Waals surface area contributed by atoms with Gasteiger partial charge < -0.3 is 39.8 Å². The summed E-state index contributed by atoms with van der Waals surface area (Å²) in [4.78, 5) is 49.6. The Morgan fingerprint density at radius 3 is 1.57 bits per heavy atom. The maximum atomic E-state index is 14.4. The molecule has 4 heterocycles. The molecule has 0 radical (unpaired) electrons. The molecule has 0 saturated carbocycles. The average molecular weight is 749 g/mol. The minimum absolute atomic E-state index is 0. The van der Waals surface area contributed by atoms with Crippen LogP contribution in [0.1, 0.15) is 7.43 Å². The first-order valence-electron chi connectivity index (χ1n) is 15.6. The molecule has 4 aliphatic heterocycles. The van der Waals surface area contributed by atoms with Crippen molar-refractivity contribution < 1.29 is 55.7 Å².